The number of ether oxygens (including phenoxy) is 12. The highest BCUT2D eigenvalue weighted by molar-refractivity contribution is 6.14. The molecule has 10 aromatic rings. The Balaban J connectivity index is 0.000000250. The minimum atomic E-state index is -1.62. The molecular weight excluding hydrogens is 1770 g/mol. The molecular formula is C109H96O29. The normalized spacial score (nSPS) is 16.0. The number of hydrogen-bond acceptors (Lipinski definition) is 25. The van der Waals surface area contributed by atoms with Gasteiger partial charge in [-0.1, -0.05) is 215 Å². The molecule has 0 aliphatic heterocycles. The highest BCUT2D eigenvalue weighted by atomic mass is 16.6. The quantitative estimate of drug-likeness (QED) is 0.00909. The van der Waals surface area contributed by atoms with E-state index in [1.165, 1.54) is 6.07 Å². The zero-order valence-electron chi connectivity index (χ0n) is 75.0. The van der Waals surface area contributed by atoms with Crippen molar-refractivity contribution in [3.63, 3.8) is 0 Å². The van der Waals surface area contributed by atoms with Gasteiger partial charge in [-0.2, -0.15) is 0 Å². The smallest absolute Gasteiger partial charge is 0.339 e. The lowest BCUT2D eigenvalue weighted by atomic mass is 9.68. The molecule has 0 fully saturated rings. The number of ketones is 1. The van der Waals surface area contributed by atoms with Gasteiger partial charge in [-0.25, -0.2) is 38.4 Å². The van der Waals surface area contributed by atoms with E-state index in [1.54, 1.807) is 48.6 Å². The van der Waals surface area contributed by atoms with Crippen LogP contribution in [0.3, 0.4) is 0 Å². The number of allylic oxidation sites excluding steroid dienone is 4. The first kappa shape index (κ1) is 98.6. The molecule has 0 saturated heterocycles. The van der Waals surface area contributed by atoms with Crippen molar-refractivity contribution in [3.05, 3.63) is 383 Å². The van der Waals surface area contributed by atoms with Crippen LogP contribution in [0.1, 0.15) is 134 Å². The van der Waals surface area contributed by atoms with E-state index in [9.17, 15) is 82.8 Å². The summed E-state index contributed by atoms with van der Waals surface area (Å²) in [4.78, 5) is 162. The minimum Gasteiger partial charge on any atom is -0.493 e. The molecule has 0 saturated carbocycles. The first-order valence-corrected chi connectivity index (χ1v) is 43.9. The van der Waals surface area contributed by atoms with Crippen LogP contribution in [0.4, 0.5) is 0 Å². The zero-order chi connectivity index (χ0) is 98.3. The number of rotatable bonds is 41. The number of hydrogen-bond donors (Lipinski definition) is 4. The summed E-state index contributed by atoms with van der Waals surface area (Å²) in [5.41, 5.74) is 8.01. The number of carboxylic acid groups (broad SMARTS) is 4. The van der Waals surface area contributed by atoms with Gasteiger partial charge < -0.3 is 77.3 Å². The van der Waals surface area contributed by atoms with Gasteiger partial charge in [0.1, 0.15) is 62.6 Å². The molecule has 4 aliphatic rings. The molecule has 10 aromatic carbocycles. The fourth-order valence-electron chi connectivity index (χ4n) is 17.2. The third-order valence-corrected chi connectivity index (χ3v) is 23.9. The van der Waals surface area contributed by atoms with Gasteiger partial charge in [-0.05, 0) is 165 Å². The summed E-state index contributed by atoms with van der Waals surface area (Å²) >= 11 is 0. The molecule has 706 valence electrons. The monoisotopic (exact) mass is 1870 g/mol. The van der Waals surface area contributed by atoms with Crippen molar-refractivity contribution in [2.24, 2.45) is 29.6 Å². The van der Waals surface area contributed by atoms with Crippen LogP contribution in [0, 0.1) is 29.6 Å². The van der Waals surface area contributed by atoms with Gasteiger partial charge in [0, 0.05) is 41.3 Å². The standard InChI is InChI=1S/C63H52O19.C46H44O10/c1-4-54(64)79-34-42(81-61(74)47-15-7-6-14-46(47)57(67)68)32-77-40-24-20-38(21-25-40)63(52-16-10-8-12-44(52)45-13-9-11-17-53(45)63)39-22-26-41(27-23-39)78-33-43(35-80-55(65)5-2)82-62(75)49-29-19-37(31-51(49)59(71)72)56(66)36-18-28-48(60(73)76-3)50(30-36)58(69)70;1-4-42(47)54-27-30(3)26-52-33-22-18-31(19-23-33)46(40-16-10-8-12-36(40)37-13-9-11-17-41(37)46)32-20-24-34(25-21-32)53-28-35(29-55-43(48)5-2)56-45(51)39-15-7-6-14-38(39)44(49)50/h4-13,16-31,42-43,46-47H,1-2,14-15,32-35H2,3H3,(H,67,68)(H,69,70)(H,71,72);4-13,16-25,30,35,38-39H,1-2,14-15,26-29H2,3H3,(H,49,50). The Kier molecular flexibility index (Phi) is 32.3. The second-order valence-electron chi connectivity index (χ2n) is 32.6. The maximum absolute atomic E-state index is 13.8. The van der Waals surface area contributed by atoms with Crippen LogP contribution in [0.2, 0.25) is 0 Å². The maximum Gasteiger partial charge on any atom is 0.339 e. The van der Waals surface area contributed by atoms with Gasteiger partial charge in [0.2, 0.25) is 0 Å². The maximum atomic E-state index is 13.8. The van der Waals surface area contributed by atoms with E-state index < -0.39 is 160 Å². The number of aromatic carboxylic acids is 2. The van der Waals surface area contributed by atoms with E-state index in [0.29, 0.717) is 29.6 Å². The highest BCUT2D eigenvalue weighted by Gasteiger charge is 2.49. The summed E-state index contributed by atoms with van der Waals surface area (Å²) < 4.78 is 67.0. The highest BCUT2D eigenvalue weighted by Crippen LogP contribution is 2.58. The van der Waals surface area contributed by atoms with E-state index >= 15 is 0 Å². The summed E-state index contributed by atoms with van der Waals surface area (Å²) in [6.07, 6.45) is 8.29. The number of fused-ring (bicyclic) bond motifs is 6. The Labute approximate surface area is 792 Å². The molecule has 29 heteroatoms. The summed E-state index contributed by atoms with van der Waals surface area (Å²) in [5.74, 6) is -14.4. The number of methoxy groups -OCH3 is 1. The lowest BCUT2D eigenvalue weighted by Gasteiger charge is -2.34. The van der Waals surface area contributed by atoms with E-state index in [-0.39, 0.29) is 81.3 Å². The molecule has 0 amide bonds. The number of aliphatic carboxylic acids is 2. The molecule has 138 heavy (non-hydrogen) atoms. The Morgan fingerprint density at radius 2 is 0.616 bits per heavy atom. The predicted octanol–water partition coefficient (Wildman–Crippen LogP) is 16.0. The van der Waals surface area contributed by atoms with Gasteiger partial charge in [0.25, 0.3) is 0 Å². The van der Waals surface area contributed by atoms with Crippen LogP contribution in [0.15, 0.2) is 305 Å². The molecule has 14 rings (SSSR count). The number of carbonyl (C=O) groups excluding carboxylic acids is 9. The molecule has 0 heterocycles. The van der Waals surface area contributed by atoms with Crippen molar-refractivity contribution in [2.45, 2.75) is 61.7 Å². The molecule has 29 nitrogen and oxygen atoms in total. The van der Waals surface area contributed by atoms with Crippen LogP contribution in [-0.4, -0.2) is 176 Å². The Morgan fingerprint density at radius 3 is 0.913 bits per heavy atom. The molecule has 0 aromatic heterocycles. The number of esters is 8. The number of benzene rings is 10. The summed E-state index contributed by atoms with van der Waals surface area (Å²) in [7, 11) is 1.06. The van der Waals surface area contributed by atoms with Crippen molar-refractivity contribution >= 4 is 77.4 Å². The lowest BCUT2D eigenvalue weighted by molar-refractivity contribution is -0.167. The fraction of sp³-hybridized carbons (Fsp3) is 0.220. The van der Waals surface area contributed by atoms with Crippen molar-refractivity contribution in [3.8, 4) is 45.3 Å². The zero-order valence-corrected chi connectivity index (χ0v) is 75.0. The second kappa shape index (κ2) is 45.3. The summed E-state index contributed by atoms with van der Waals surface area (Å²) in [6.45, 7) is 14.1. The third kappa shape index (κ3) is 22.3. The van der Waals surface area contributed by atoms with Gasteiger partial charge in [0.15, 0.2) is 24.1 Å². The van der Waals surface area contributed by atoms with E-state index in [4.69, 9.17) is 52.1 Å². The number of carbonyl (C=O) groups is 13. The molecule has 8 unspecified atom stereocenters. The summed E-state index contributed by atoms with van der Waals surface area (Å²) in [5, 5.41) is 39.3. The van der Waals surface area contributed by atoms with Gasteiger partial charge in [0.05, 0.1) is 77.1 Å². The first-order chi connectivity index (χ1) is 66.6. The largest absolute Gasteiger partial charge is 0.493 e. The van der Waals surface area contributed by atoms with Crippen molar-refractivity contribution in [2.75, 3.05) is 60.0 Å². The van der Waals surface area contributed by atoms with Crippen molar-refractivity contribution < 1.29 is 140 Å². The molecule has 0 bridgehead atoms. The molecule has 4 N–H and O–H groups in total. The van der Waals surface area contributed by atoms with Crippen molar-refractivity contribution in [1.29, 1.82) is 0 Å². The van der Waals surface area contributed by atoms with Crippen LogP contribution in [-0.2, 0) is 87.1 Å². The number of carboxylic acids is 4. The lowest BCUT2D eigenvalue weighted by Crippen LogP contribution is -2.37. The summed E-state index contributed by atoms with van der Waals surface area (Å²) in [6, 6.07) is 69.2. The second-order valence-corrected chi connectivity index (χ2v) is 32.6. The average Bonchev–Trinajstić information content (AvgIpc) is 1.54. The Bertz CT molecular complexity index is 6290. The third-order valence-electron chi connectivity index (χ3n) is 23.9. The predicted molar refractivity (Wildman–Crippen MR) is 500 cm³/mol. The Hall–Kier alpha value is -16.9. The Morgan fingerprint density at radius 1 is 0.333 bits per heavy atom. The fourth-order valence-corrected chi connectivity index (χ4v) is 17.2. The van der Waals surface area contributed by atoms with Crippen LogP contribution in [0.25, 0.3) is 22.3 Å². The van der Waals surface area contributed by atoms with Gasteiger partial charge in [-0.3, -0.25) is 24.0 Å². The SMILES string of the molecule is C=CC(=O)OCC(C)COc1ccc(C2(c3ccc(OCC(COC(=O)C=C)OC(=O)C4CC=CCC4C(=O)O)cc3)c3ccccc3-c3ccccc32)cc1.C=CC(=O)OCC(COc1ccc(C2(c3ccc(OCC(COC(=O)C=C)OC(=O)C4CC=CCC4C(=O)O)cc3)c3ccccc3-c3ccccc32)cc1)OC(=O)c1ccc(C(=O)c2ccc(C(=O)OC)c(C(=O)O)c2)cc1C(=O)O. The van der Waals surface area contributed by atoms with Gasteiger partial charge in [-0.15, -0.1) is 0 Å². The molecule has 0 spiro atoms. The van der Waals surface area contributed by atoms with E-state index in [2.05, 4.69) is 67.5 Å². The van der Waals surface area contributed by atoms with Gasteiger partial charge >= 0.3 is 71.6 Å². The van der Waals surface area contributed by atoms with E-state index in [1.807, 2.05) is 140 Å². The van der Waals surface area contributed by atoms with Crippen LogP contribution >= 0.6 is 0 Å². The minimum absolute atomic E-state index is 0.0256. The van der Waals surface area contributed by atoms with Crippen LogP contribution < -0.4 is 18.9 Å². The van der Waals surface area contributed by atoms with Crippen molar-refractivity contribution in [1.82, 2.24) is 0 Å². The first-order valence-electron chi connectivity index (χ1n) is 43.9. The van der Waals surface area contributed by atoms with Crippen LogP contribution in [0.5, 0.6) is 23.0 Å². The van der Waals surface area contributed by atoms with E-state index in [0.717, 1.165) is 129 Å². The molecule has 8 atom stereocenters. The topological polar surface area (TPSA) is 414 Å². The molecule has 0 radical (unpaired) electrons. The molecule has 4 aliphatic carbocycles. The average molecular weight is 1870 g/mol.